The molecule has 6 nitrogen and oxygen atoms in total. The first-order valence-corrected chi connectivity index (χ1v) is 9.74. The highest BCUT2D eigenvalue weighted by Crippen LogP contribution is 2.23. The van der Waals surface area contributed by atoms with E-state index in [4.69, 9.17) is 4.74 Å². The van der Waals surface area contributed by atoms with Gasteiger partial charge >= 0.3 is 0 Å². The van der Waals surface area contributed by atoms with Gasteiger partial charge in [0.05, 0.1) is 13.7 Å². The molecular weight excluding hydrogens is 328 g/mol. The molecule has 0 N–H and O–H groups in total. The molecule has 0 radical (unpaired) electrons. The van der Waals surface area contributed by atoms with Crippen molar-refractivity contribution < 1.29 is 9.53 Å². The van der Waals surface area contributed by atoms with Crippen LogP contribution in [0.1, 0.15) is 13.8 Å². The zero-order chi connectivity index (χ0) is 18.5. The molecule has 0 saturated carbocycles. The highest BCUT2D eigenvalue weighted by atomic mass is 16.5. The van der Waals surface area contributed by atoms with Crippen LogP contribution >= 0.6 is 0 Å². The number of methoxy groups -OCH3 is 1. The number of amides is 1. The van der Waals surface area contributed by atoms with E-state index in [9.17, 15) is 4.79 Å². The number of likely N-dealkylation sites (N-methyl/N-ethyl adjacent to an activating group) is 1. The Kier molecular flexibility index (Phi) is 6.38. The average Bonchev–Trinajstić information content (AvgIpc) is 2.68. The number of carbonyl (C=O) groups excluding carboxylic acids is 1. The minimum Gasteiger partial charge on any atom is -0.497 e. The molecule has 6 heteroatoms. The Balaban J connectivity index is 1.49. The third kappa shape index (κ3) is 4.48. The highest BCUT2D eigenvalue weighted by molar-refractivity contribution is 5.78. The number of anilines is 1. The molecule has 0 spiro atoms. The van der Waals surface area contributed by atoms with Crippen molar-refractivity contribution in [1.82, 2.24) is 14.7 Å². The Morgan fingerprint density at radius 3 is 2.27 bits per heavy atom. The first-order chi connectivity index (χ1) is 12.6. The molecule has 2 heterocycles. The van der Waals surface area contributed by atoms with Crippen molar-refractivity contribution >= 4 is 11.6 Å². The Labute approximate surface area is 157 Å². The van der Waals surface area contributed by atoms with E-state index in [2.05, 4.69) is 40.7 Å². The van der Waals surface area contributed by atoms with Crippen molar-refractivity contribution in [2.24, 2.45) is 0 Å². The molecular formula is C20H32N4O2. The molecule has 2 fully saturated rings. The molecule has 0 aromatic heterocycles. The van der Waals surface area contributed by atoms with Gasteiger partial charge in [-0.2, -0.15) is 0 Å². The summed E-state index contributed by atoms with van der Waals surface area (Å²) >= 11 is 0. The summed E-state index contributed by atoms with van der Waals surface area (Å²) in [6.45, 7) is 12.6. The molecule has 0 aliphatic carbocycles. The molecule has 1 atom stereocenters. The predicted octanol–water partition coefficient (Wildman–Crippen LogP) is 1.37. The van der Waals surface area contributed by atoms with E-state index in [1.165, 1.54) is 5.69 Å². The summed E-state index contributed by atoms with van der Waals surface area (Å²) in [5.41, 5.74) is 1.22. The summed E-state index contributed by atoms with van der Waals surface area (Å²) in [5.74, 6) is 1.17. The van der Waals surface area contributed by atoms with Gasteiger partial charge in [0, 0.05) is 57.5 Å². The number of benzene rings is 1. The second-order valence-corrected chi connectivity index (χ2v) is 7.29. The number of rotatable bonds is 5. The number of hydrogen-bond donors (Lipinski definition) is 0. The maximum Gasteiger partial charge on any atom is 0.236 e. The van der Waals surface area contributed by atoms with Crippen LogP contribution in [0.4, 0.5) is 5.69 Å². The molecule has 2 aliphatic heterocycles. The lowest BCUT2D eigenvalue weighted by Gasteiger charge is -2.42. The lowest BCUT2D eigenvalue weighted by Crippen LogP contribution is -2.56. The Bertz CT molecular complexity index is 584. The minimum atomic E-state index is 0.283. The zero-order valence-corrected chi connectivity index (χ0v) is 16.4. The Hall–Kier alpha value is -1.79. The van der Waals surface area contributed by atoms with Crippen molar-refractivity contribution in [1.29, 1.82) is 0 Å². The second-order valence-electron chi connectivity index (χ2n) is 7.29. The molecule has 1 aromatic carbocycles. The van der Waals surface area contributed by atoms with Crippen LogP contribution in [0.25, 0.3) is 0 Å². The van der Waals surface area contributed by atoms with Gasteiger partial charge in [0.15, 0.2) is 0 Å². The summed E-state index contributed by atoms with van der Waals surface area (Å²) < 4.78 is 5.24. The standard InChI is InChI=1S/C20H32N4O2/c1-4-21-9-12-23(13-10-21)20(25)16-22-11-14-24(17(2)15-22)18-5-7-19(26-3)8-6-18/h5-8,17H,4,9-16H2,1-3H3. The van der Waals surface area contributed by atoms with Crippen LogP contribution < -0.4 is 9.64 Å². The monoisotopic (exact) mass is 360 g/mol. The maximum atomic E-state index is 12.6. The third-order valence-electron chi connectivity index (χ3n) is 5.65. The van der Waals surface area contributed by atoms with Gasteiger partial charge in [-0.05, 0) is 37.7 Å². The second kappa shape index (κ2) is 8.73. The van der Waals surface area contributed by atoms with Crippen LogP contribution in [0, 0.1) is 0 Å². The van der Waals surface area contributed by atoms with Gasteiger partial charge in [-0.1, -0.05) is 6.92 Å². The van der Waals surface area contributed by atoms with Crippen molar-refractivity contribution in [2.75, 3.05) is 70.9 Å². The first kappa shape index (κ1) is 19.0. The number of carbonyl (C=O) groups is 1. The van der Waals surface area contributed by atoms with Crippen LogP contribution in [0.15, 0.2) is 24.3 Å². The van der Waals surface area contributed by atoms with E-state index in [-0.39, 0.29) is 5.91 Å². The quantitative estimate of drug-likeness (QED) is 0.793. The molecule has 1 amide bonds. The van der Waals surface area contributed by atoms with Crippen LogP contribution in [0.2, 0.25) is 0 Å². The molecule has 1 unspecified atom stereocenters. The molecule has 3 rings (SSSR count). The molecule has 1 aromatic rings. The summed E-state index contributed by atoms with van der Waals surface area (Å²) in [6, 6.07) is 8.64. The fraction of sp³-hybridized carbons (Fsp3) is 0.650. The molecule has 0 bridgehead atoms. The van der Waals surface area contributed by atoms with Crippen LogP contribution in [0.3, 0.4) is 0 Å². The number of ether oxygens (including phenoxy) is 1. The SMILES string of the molecule is CCN1CCN(C(=O)CN2CCN(c3ccc(OC)cc3)C(C)C2)CC1. The van der Waals surface area contributed by atoms with E-state index < -0.39 is 0 Å². The lowest BCUT2D eigenvalue weighted by atomic mass is 10.1. The first-order valence-electron chi connectivity index (χ1n) is 9.74. The Morgan fingerprint density at radius 1 is 1.04 bits per heavy atom. The third-order valence-corrected chi connectivity index (χ3v) is 5.65. The average molecular weight is 361 g/mol. The Morgan fingerprint density at radius 2 is 1.69 bits per heavy atom. The van der Waals surface area contributed by atoms with Crippen LogP contribution in [-0.2, 0) is 4.79 Å². The lowest BCUT2D eigenvalue weighted by molar-refractivity contribution is -0.134. The fourth-order valence-electron chi connectivity index (χ4n) is 3.94. The van der Waals surface area contributed by atoms with Crippen LogP contribution in [0.5, 0.6) is 5.75 Å². The summed E-state index contributed by atoms with van der Waals surface area (Å²) in [6.07, 6.45) is 0. The smallest absolute Gasteiger partial charge is 0.236 e. The van der Waals surface area contributed by atoms with Crippen molar-refractivity contribution in [3.63, 3.8) is 0 Å². The van der Waals surface area contributed by atoms with Gasteiger partial charge < -0.3 is 19.4 Å². The largest absolute Gasteiger partial charge is 0.497 e. The van der Waals surface area contributed by atoms with Gasteiger partial charge in [-0.15, -0.1) is 0 Å². The van der Waals surface area contributed by atoms with E-state index in [0.29, 0.717) is 12.6 Å². The highest BCUT2D eigenvalue weighted by Gasteiger charge is 2.27. The van der Waals surface area contributed by atoms with Gasteiger partial charge in [0.1, 0.15) is 5.75 Å². The summed E-state index contributed by atoms with van der Waals surface area (Å²) in [7, 11) is 1.69. The van der Waals surface area contributed by atoms with Gasteiger partial charge in [0.25, 0.3) is 0 Å². The summed E-state index contributed by atoms with van der Waals surface area (Å²) in [5, 5.41) is 0. The minimum absolute atomic E-state index is 0.283. The number of hydrogen-bond acceptors (Lipinski definition) is 5. The molecule has 144 valence electrons. The van der Waals surface area contributed by atoms with E-state index >= 15 is 0 Å². The van der Waals surface area contributed by atoms with Crippen molar-refractivity contribution in [2.45, 2.75) is 19.9 Å². The number of piperazine rings is 2. The van der Waals surface area contributed by atoms with E-state index in [1.807, 2.05) is 17.0 Å². The number of nitrogens with zero attached hydrogens (tertiary/aromatic N) is 4. The normalized spacial score (nSPS) is 22.5. The van der Waals surface area contributed by atoms with Gasteiger partial charge in [0.2, 0.25) is 5.91 Å². The molecule has 2 saturated heterocycles. The summed E-state index contributed by atoms with van der Waals surface area (Å²) in [4.78, 5) is 21.8. The predicted molar refractivity (Wildman–Crippen MR) is 105 cm³/mol. The van der Waals surface area contributed by atoms with Gasteiger partial charge in [-0.3, -0.25) is 9.69 Å². The topological polar surface area (TPSA) is 39.3 Å². The zero-order valence-electron chi connectivity index (χ0n) is 16.4. The molecule has 2 aliphatic rings. The van der Waals surface area contributed by atoms with Crippen molar-refractivity contribution in [3.8, 4) is 5.75 Å². The van der Waals surface area contributed by atoms with Crippen LogP contribution in [-0.4, -0.2) is 92.7 Å². The van der Waals surface area contributed by atoms with E-state index in [1.54, 1.807) is 7.11 Å². The fourth-order valence-corrected chi connectivity index (χ4v) is 3.94. The van der Waals surface area contributed by atoms with Crippen molar-refractivity contribution in [3.05, 3.63) is 24.3 Å². The molecule has 26 heavy (non-hydrogen) atoms. The maximum absolute atomic E-state index is 12.6. The van der Waals surface area contributed by atoms with E-state index in [0.717, 1.165) is 58.1 Å². The van der Waals surface area contributed by atoms with Gasteiger partial charge in [-0.25, -0.2) is 0 Å².